The lowest BCUT2D eigenvalue weighted by molar-refractivity contribution is 0.0946. The van der Waals surface area contributed by atoms with E-state index in [9.17, 15) is 4.79 Å². The van der Waals surface area contributed by atoms with Crippen LogP contribution < -0.4 is 10.6 Å². The fourth-order valence-corrected chi connectivity index (χ4v) is 2.68. The zero-order valence-electron chi connectivity index (χ0n) is 13.5. The number of benzene rings is 1. The van der Waals surface area contributed by atoms with E-state index in [1.807, 2.05) is 37.3 Å². The predicted molar refractivity (Wildman–Crippen MR) is 99.6 cm³/mol. The second-order valence-electron chi connectivity index (χ2n) is 5.39. The molecule has 0 spiro atoms. The Balaban J connectivity index is 1.69. The molecule has 25 heavy (non-hydrogen) atoms. The first-order valence-corrected chi connectivity index (χ1v) is 8.44. The van der Waals surface area contributed by atoms with Crippen molar-refractivity contribution < 1.29 is 4.79 Å². The van der Waals surface area contributed by atoms with Crippen molar-refractivity contribution in [1.29, 1.82) is 0 Å². The van der Waals surface area contributed by atoms with Gasteiger partial charge in [0.15, 0.2) is 0 Å². The fraction of sp³-hybridized carbons (Fsp3) is 0.111. The highest BCUT2D eigenvalue weighted by atomic mass is 79.9. The standard InChI is InChI=1S/C18H16BrN5O/c1-12-10-14(19)2-3-15(12)23-18-21-9-6-16(24-18)17(25)22-11-13-4-7-20-8-5-13/h2-10H,11H2,1H3,(H,22,25)(H,21,23,24). The summed E-state index contributed by atoms with van der Waals surface area (Å²) in [7, 11) is 0. The fourth-order valence-electron chi connectivity index (χ4n) is 2.21. The maximum atomic E-state index is 12.3. The minimum Gasteiger partial charge on any atom is -0.347 e. The van der Waals surface area contributed by atoms with Crippen molar-refractivity contribution in [2.45, 2.75) is 13.5 Å². The number of nitrogens with one attached hydrogen (secondary N) is 2. The second kappa shape index (κ2) is 7.85. The van der Waals surface area contributed by atoms with Crippen molar-refractivity contribution in [3.63, 3.8) is 0 Å². The normalized spacial score (nSPS) is 10.3. The molecule has 0 bridgehead atoms. The molecule has 1 amide bonds. The summed E-state index contributed by atoms with van der Waals surface area (Å²) < 4.78 is 1.00. The van der Waals surface area contributed by atoms with E-state index in [0.717, 1.165) is 21.3 Å². The van der Waals surface area contributed by atoms with Gasteiger partial charge >= 0.3 is 0 Å². The van der Waals surface area contributed by atoms with Gasteiger partial charge in [-0.2, -0.15) is 0 Å². The summed E-state index contributed by atoms with van der Waals surface area (Å²) in [5, 5.41) is 5.97. The van der Waals surface area contributed by atoms with Gasteiger partial charge in [-0.05, 0) is 54.4 Å². The van der Waals surface area contributed by atoms with Crippen molar-refractivity contribution in [3.05, 3.63) is 76.3 Å². The molecule has 0 radical (unpaired) electrons. The Hall–Kier alpha value is -2.80. The zero-order valence-corrected chi connectivity index (χ0v) is 15.1. The largest absolute Gasteiger partial charge is 0.347 e. The Morgan fingerprint density at radius 1 is 1.12 bits per heavy atom. The van der Waals surface area contributed by atoms with Crippen molar-refractivity contribution in [2.75, 3.05) is 5.32 Å². The molecule has 0 saturated heterocycles. The van der Waals surface area contributed by atoms with Gasteiger partial charge in [0, 0.05) is 35.3 Å². The number of hydrogen-bond acceptors (Lipinski definition) is 5. The minimum atomic E-state index is -0.255. The van der Waals surface area contributed by atoms with Crippen LogP contribution in [0.1, 0.15) is 21.6 Å². The van der Waals surface area contributed by atoms with Gasteiger partial charge in [-0.25, -0.2) is 9.97 Å². The van der Waals surface area contributed by atoms with Crippen molar-refractivity contribution in [1.82, 2.24) is 20.3 Å². The molecule has 0 saturated carbocycles. The summed E-state index contributed by atoms with van der Waals surface area (Å²) in [6.07, 6.45) is 4.94. The van der Waals surface area contributed by atoms with Crippen LogP contribution >= 0.6 is 15.9 Å². The minimum absolute atomic E-state index is 0.255. The second-order valence-corrected chi connectivity index (χ2v) is 6.30. The summed E-state index contributed by atoms with van der Waals surface area (Å²) in [6.45, 7) is 2.40. The van der Waals surface area contributed by atoms with E-state index in [1.54, 1.807) is 24.7 Å². The van der Waals surface area contributed by atoms with Gasteiger partial charge in [0.1, 0.15) is 5.69 Å². The van der Waals surface area contributed by atoms with Gasteiger partial charge < -0.3 is 10.6 Å². The molecule has 1 aromatic carbocycles. The van der Waals surface area contributed by atoms with Gasteiger partial charge in [0.05, 0.1) is 0 Å². The van der Waals surface area contributed by atoms with Gasteiger partial charge in [0.25, 0.3) is 5.91 Å². The van der Waals surface area contributed by atoms with E-state index in [2.05, 4.69) is 41.5 Å². The van der Waals surface area contributed by atoms with E-state index < -0.39 is 0 Å². The Bertz CT molecular complexity index is 886. The molecule has 0 aliphatic heterocycles. The highest BCUT2D eigenvalue weighted by Gasteiger charge is 2.09. The summed E-state index contributed by atoms with van der Waals surface area (Å²) in [5.41, 5.74) is 3.21. The average Bonchev–Trinajstić information content (AvgIpc) is 2.63. The molecule has 3 aromatic rings. The van der Waals surface area contributed by atoms with Crippen LogP contribution in [0.25, 0.3) is 0 Å². The molecule has 7 heteroatoms. The Morgan fingerprint density at radius 3 is 2.68 bits per heavy atom. The van der Waals surface area contributed by atoms with Crippen LogP contribution in [-0.2, 0) is 6.54 Å². The van der Waals surface area contributed by atoms with E-state index in [0.29, 0.717) is 18.2 Å². The smallest absolute Gasteiger partial charge is 0.270 e. The molecule has 0 fully saturated rings. The monoisotopic (exact) mass is 397 g/mol. The first kappa shape index (κ1) is 17.0. The highest BCUT2D eigenvalue weighted by molar-refractivity contribution is 9.10. The number of nitrogens with zero attached hydrogens (tertiary/aromatic N) is 3. The number of carbonyl (C=O) groups is 1. The molecular formula is C18H16BrN5O. The number of amides is 1. The third kappa shape index (κ3) is 4.60. The van der Waals surface area contributed by atoms with Crippen LogP contribution in [0.3, 0.4) is 0 Å². The van der Waals surface area contributed by atoms with Gasteiger partial charge in [-0.15, -0.1) is 0 Å². The van der Waals surface area contributed by atoms with Crippen LogP contribution in [0.2, 0.25) is 0 Å². The third-order valence-corrected chi connectivity index (χ3v) is 4.02. The number of aryl methyl sites for hydroxylation is 1. The van der Waals surface area contributed by atoms with Crippen LogP contribution in [0.15, 0.2) is 59.5 Å². The lowest BCUT2D eigenvalue weighted by atomic mass is 10.2. The van der Waals surface area contributed by atoms with Crippen LogP contribution in [0, 0.1) is 6.92 Å². The van der Waals surface area contributed by atoms with Crippen LogP contribution in [0.5, 0.6) is 0 Å². The van der Waals surface area contributed by atoms with E-state index in [1.165, 1.54) is 0 Å². The molecule has 2 aromatic heterocycles. The number of anilines is 2. The quantitative estimate of drug-likeness (QED) is 0.687. The highest BCUT2D eigenvalue weighted by Crippen LogP contribution is 2.22. The summed E-state index contributed by atoms with van der Waals surface area (Å²) in [6, 6.07) is 11.1. The van der Waals surface area contributed by atoms with Gasteiger partial charge in [-0.3, -0.25) is 9.78 Å². The lowest BCUT2D eigenvalue weighted by Gasteiger charge is -2.09. The van der Waals surface area contributed by atoms with Crippen LogP contribution in [0.4, 0.5) is 11.6 Å². The van der Waals surface area contributed by atoms with Crippen molar-refractivity contribution in [2.24, 2.45) is 0 Å². The molecule has 6 nitrogen and oxygen atoms in total. The number of pyridine rings is 1. The van der Waals surface area contributed by atoms with Crippen LogP contribution in [-0.4, -0.2) is 20.9 Å². The first-order valence-electron chi connectivity index (χ1n) is 7.65. The molecule has 0 aliphatic rings. The number of rotatable bonds is 5. The molecular weight excluding hydrogens is 382 g/mol. The third-order valence-electron chi connectivity index (χ3n) is 3.53. The average molecular weight is 398 g/mol. The Labute approximate surface area is 153 Å². The number of aromatic nitrogens is 3. The van der Waals surface area contributed by atoms with E-state index in [4.69, 9.17) is 0 Å². The molecule has 0 unspecified atom stereocenters. The summed E-state index contributed by atoms with van der Waals surface area (Å²) in [4.78, 5) is 24.7. The summed E-state index contributed by atoms with van der Waals surface area (Å²) in [5.74, 6) is 0.122. The topological polar surface area (TPSA) is 79.8 Å². The molecule has 0 atom stereocenters. The number of hydrogen-bond donors (Lipinski definition) is 2. The zero-order chi connectivity index (χ0) is 17.6. The molecule has 3 rings (SSSR count). The number of carbonyl (C=O) groups excluding carboxylic acids is 1. The number of halogens is 1. The summed E-state index contributed by atoms with van der Waals surface area (Å²) >= 11 is 3.43. The molecule has 2 N–H and O–H groups in total. The van der Waals surface area contributed by atoms with Gasteiger partial charge in [0.2, 0.25) is 5.95 Å². The first-order chi connectivity index (χ1) is 12.1. The molecule has 0 aliphatic carbocycles. The molecule has 2 heterocycles. The lowest BCUT2D eigenvalue weighted by Crippen LogP contribution is -2.24. The maximum absolute atomic E-state index is 12.3. The maximum Gasteiger partial charge on any atom is 0.270 e. The molecule has 126 valence electrons. The SMILES string of the molecule is Cc1cc(Br)ccc1Nc1nccc(C(=O)NCc2ccncc2)n1. The van der Waals surface area contributed by atoms with E-state index in [-0.39, 0.29) is 5.91 Å². The van der Waals surface area contributed by atoms with Gasteiger partial charge in [-0.1, -0.05) is 15.9 Å². The van der Waals surface area contributed by atoms with Crippen molar-refractivity contribution in [3.8, 4) is 0 Å². The van der Waals surface area contributed by atoms with E-state index >= 15 is 0 Å². The Kier molecular flexibility index (Phi) is 5.35. The Morgan fingerprint density at radius 2 is 1.92 bits per heavy atom. The van der Waals surface area contributed by atoms with Crippen molar-refractivity contribution >= 4 is 33.5 Å². The predicted octanol–water partition coefficient (Wildman–Crippen LogP) is 3.62.